The fourth-order valence-corrected chi connectivity index (χ4v) is 2.56. The second-order valence-electron chi connectivity index (χ2n) is 4.91. The van der Waals surface area contributed by atoms with E-state index in [2.05, 4.69) is 0 Å². The number of halogens is 1. The number of carbonyl (C=O) groups excluding carboxylic acids is 1. The van der Waals surface area contributed by atoms with Crippen molar-refractivity contribution in [1.82, 2.24) is 4.90 Å². The van der Waals surface area contributed by atoms with E-state index in [-0.39, 0.29) is 23.3 Å². The summed E-state index contributed by atoms with van der Waals surface area (Å²) in [4.78, 5) is 14.2. The molecule has 0 aromatic heterocycles. The number of benzene rings is 1. The van der Waals surface area contributed by atoms with Crippen LogP contribution in [0.2, 0.25) is 0 Å². The van der Waals surface area contributed by atoms with E-state index in [1.54, 1.807) is 23.1 Å². The molecule has 1 amide bonds. The van der Waals surface area contributed by atoms with Gasteiger partial charge in [-0.1, -0.05) is 6.07 Å². The minimum Gasteiger partial charge on any atom is -0.504 e. The highest BCUT2D eigenvalue weighted by Gasteiger charge is 2.26. The van der Waals surface area contributed by atoms with Gasteiger partial charge in [-0.05, 0) is 25.0 Å². The number of ether oxygens (including phenoxy) is 2. The molecule has 1 aromatic rings. The molecule has 0 bridgehead atoms. The van der Waals surface area contributed by atoms with E-state index >= 15 is 0 Å². The number of piperidine rings is 1. The number of carbonyl (C=O) groups is 1. The second-order valence-corrected chi connectivity index (χ2v) is 5.29. The Labute approximate surface area is 129 Å². The van der Waals surface area contributed by atoms with Crippen molar-refractivity contribution in [2.75, 3.05) is 32.7 Å². The highest BCUT2D eigenvalue weighted by atomic mass is 35.5. The van der Waals surface area contributed by atoms with E-state index in [0.717, 1.165) is 12.8 Å². The van der Waals surface area contributed by atoms with Crippen LogP contribution in [0.4, 0.5) is 0 Å². The van der Waals surface area contributed by atoms with Crippen molar-refractivity contribution in [3.63, 3.8) is 0 Å². The van der Waals surface area contributed by atoms with Gasteiger partial charge in [-0.3, -0.25) is 4.79 Å². The van der Waals surface area contributed by atoms with Crippen LogP contribution in [0.5, 0.6) is 11.5 Å². The smallest absolute Gasteiger partial charge is 0.257 e. The minimum atomic E-state index is -0.179. The van der Waals surface area contributed by atoms with Crippen LogP contribution >= 0.6 is 11.6 Å². The molecule has 0 atom stereocenters. The first kappa shape index (κ1) is 15.9. The maximum Gasteiger partial charge on any atom is 0.257 e. The Bertz CT molecular complexity index is 487. The molecule has 6 heteroatoms. The normalized spacial score (nSPS) is 16.0. The van der Waals surface area contributed by atoms with Crippen LogP contribution in [0.15, 0.2) is 18.2 Å². The van der Waals surface area contributed by atoms with Crippen molar-refractivity contribution in [2.24, 2.45) is 0 Å². The number of rotatable bonds is 5. The Morgan fingerprint density at radius 3 is 2.76 bits per heavy atom. The average molecular weight is 314 g/mol. The molecule has 2 rings (SSSR count). The number of phenolic OH excluding ortho intramolecular Hbond substituents is 1. The van der Waals surface area contributed by atoms with Crippen LogP contribution < -0.4 is 4.74 Å². The lowest BCUT2D eigenvalue weighted by atomic mass is 10.1. The molecule has 1 aliphatic rings. The van der Waals surface area contributed by atoms with Crippen LogP contribution in [0.3, 0.4) is 0 Å². The summed E-state index contributed by atoms with van der Waals surface area (Å²) in [7, 11) is 1.46. The molecule has 21 heavy (non-hydrogen) atoms. The summed E-state index contributed by atoms with van der Waals surface area (Å²) < 4.78 is 10.6. The first-order chi connectivity index (χ1) is 10.2. The number of para-hydroxylation sites is 1. The number of alkyl halides is 1. The van der Waals surface area contributed by atoms with Crippen LogP contribution in [-0.4, -0.2) is 54.7 Å². The molecule has 1 aliphatic heterocycles. The van der Waals surface area contributed by atoms with E-state index < -0.39 is 0 Å². The molecule has 1 N–H and O–H groups in total. The van der Waals surface area contributed by atoms with Crippen LogP contribution in [0.1, 0.15) is 23.2 Å². The van der Waals surface area contributed by atoms with Crippen molar-refractivity contribution in [1.29, 1.82) is 0 Å². The minimum absolute atomic E-state index is 0.106. The summed E-state index contributed by atoms with van der Waals surface area (Å²) in [5.41, 5.74) is 0.273. The quantitative estimate of drug-likeness (QED) is 0.847. The Morgan fingerprint density at radius 2 is 2.14 bits per heavy atom. The SMILES string of the molecule is COc1cccc(C(=O)N2CCC(OCCCl)CC2)c1O. The Morgan fingerprint density at radius 1 is 1.43 bits per heavy atom. The van der Waals surface area contributed by atoms with E-state index in [1.165, 1.54) is 7.11 Å². The maximum absolute atomic E-state index is 12.5. The molecule has 116 valence electrons. The number of phenols is 1. The van der Waals surface area contributed by atoms with Crippen LogP contribution in [0, 0.1) is 0 Å². The predicted octanol–water partition coefficient (Wildman–Crippen LogP) is 2.26. The number of hydrogen-bond acceptors (Lipinski definition) is 4. The second kappa shape index (κ2) is 7.52. The van der Waals surface area contributed by atoms with Gasteiger partial charge < -0.3 is 19.5 Å². The number of hydrogen-bond donors (Lipinski definition) is 1. The zero-order valence-corrected chi connectivity index (χ0v) is 12.8. The highest BCUT2D eigenvalue weighted by molar-refractivity contribution is 6.17. The van der Waals surface area contributed by atoms with Crippen molar-refractivity contribution < 1.29 is 19.4 Å². The number of amides is 1. The first-order valence-electron chi connectivity index (χ1n) is 7.00. The van der Waals surface area contributed by atoms with Crippen molar-refractivity contribution >= 4 is 17.5 Å². The molecule has 1 saturated heterocycles. The van der Waals surface area contributed by atoms with Gasteiger partial charge in [-0.25, -0.2) is 0 Å². The molecule has 0 aliphatic carbocycles. The fourth-order valence-electron chi connectivity index (χ4n) is 2.47. The van der Waals surface area contributed by atoms with Crippen molar-refractivity contribution in [2.45, 2.75) is 18.9 Å². The third-order valence-corrected chi connectivity index (χ3v) is 3.76. The van der Waals surface area contributed by atoms with Crippen molar-refractivity contribution in [3.8, 4) is 11.5 Å². The molecule has 0 spiro atoms. The van der Waals surface area contributed by atoms with Gasteiger partial charge in [0.25, 0.3) is 5.91 Å². The third-order valence-electron chi connectivity index (χ3n) is 3.61. The summed E-state index contributed by atoms with van der Waals surface area (Å²) in [6, 6.07) is 4.93. The first-order valence-corrected chi connectivity index (χ1v) is 7.53. The number of methoxy groups -OCH3 is 1. The molecule has 1 heterocycles. The lowest BCUT2D eigenvalue weighted by Gasteiger charge is -2.32. The molecular formula is C15H20ClNO4. The zero-order chi connectivity index (χ0) is 15.2. The third kappa shape index (κ3) is 3.80. The summed E-state index contributed by atoms with van der Waals surface area (Å²) >= 11 is 5.60. The molecule has 0 radical (unpaired) electrons. The number of aromatic hydroxyl groups is 1. The Balaban J connectivity index is 1.99. The average Bonchev–Trinajstić information content (AvgIpc) is 2.53. The zero-order valence-electron chi connectivity index (χ0n) is 12.0. The summed E-state index contributed by atoms with van der Waals surface area (Å²) in [6.07, 6.45) is 1.73. The standard InChI is InChI=1S/C15H20ClNO4/c1-20-13-4-2-3-12(14(13)18)15(19)17-8-5-11(6-9-17)21-10-7-16/h2-4,11,18H,5-10H2,1H3. The fraction of sp³-hybridized carbons (Fsp3) is 0.533. The van der Waals surface area contributed by atoms with Gasteiger partial charge in [0.05, 0.1) is 25.4 Å². The molecule has 0 unspecified atom stereocenters. The molecular weight excluding hydrogens is 294 g/mol. The van der Waals surface area contributed by atoms with Crippen LogP contribution in [0.25, 0.3) is 0 Å². The van der Waals surface area contributed by atoms with E-state index in [9.17, 15) is 9.90 Å². The van der Waals surface area contributed by atoms with Gasteiger partial charge in [-0.15, -0.1) is 11.6 Å². The van der Waals surface area contributed by atoms with Gasteiger partial charge in [-0.2, -0.15) is 0 Å². The monoisotopic (exact) mass is 313 g/mol. The maximum atomic E-state index is 12.5. The van der Waals surface area contributed by atoms with Gasteiger partial charge in [0.2, 0.25) is 0 Å². The molecule has 5 nitrogen and oxygen atoms in total. The van der Waals surface area contributed by atoms with E-state index in [4.69, 9.17) is 21.1 Å². The molecule has 1 aromatic carbocycles. The lowest BCUT2D eigenvalue weighted by Crippen LogP contribution is -2.41. The van der Waals surface area contributed by atoms with E-state index in [1.807, 2.05) is 0 Å². The van der Waals surface area contributed by atoms with Crippen LogP contribution in [-0.2, 0) is 4.74 Å². The number of likely N-dealkylation sites (tertiary alicyclic amines) is 1. The summed E-state index contributed by atoms with van der Waals surface area (Å²) in [6.45, 7) is 1.77. The summed E-state index contributed by atoms with van der Waals surface area (Å²) in [5, 5.41) is 10.0. The predicted molar refractivity (Wildman–Crippen MR) is 80.3 cm³/mol. The lowest BCUT2D eigenvalue weighted by molar-refractivity contribution is 0.0153. The van der Waals surface area contributed by atoms with Gasteiger partial charge in [0, 0.05) is 19.0 Å². The van der Waals surface area contributed by atoms with Gasteiger partial charge in [0.1, 0.15) is 0 Å². The largest absolute Gasteiger partial charge is 0.504 e. The Hall–Kier alpha value is -1.46. The molecule has 1 fully saturated rings. The topological polar surface area (TPSA) is 59.0 Å². The molecule has 0 saturated carbocycles. The van der Waals surface area contributed by atoms with E-state index in [0.29, 0.717) is 31.3 Å². The highest BCUT2D eigenvalue weighted by Crippen LogP contribution is 2.30. The Kier molecular flexibility index (Phi) is 5.70. The van der Waals surface area contributed by atoms with Gasteiger partial charge in [0.15, 0.2) is 11.5 Å². The number of nitrogens with zero attached hydrogens (tertiary/aromatic N) is 1. The summed E-state index contributed by atoms with van der Waals surface area (Å²) in [5.74, 6) is 0.505. The van der Waals surface area contributed by atoms with Crippen molar-refractivity contribution in [3.05, 3.63) is 23.8 Å². The van der Waals surface area contributed by atoms with Gasteiger partial charge >= 0.3 is 0 Å².